The number of hydrogen-bond donors (Lipinski definition) is 0. The van der Waals surface area contributed by atoms with Crippen molar-refractivity contribution in [3.8, 4) is 6.07 Å². The lowest BCUT2D eigenvalue weighted by atomic mass is 9.98. The summed E-state index contributed by atoms with van der Waals surface area (Å²) in [7, 11) is 1.84. The number of aromatic nitrogens is 2. The summed E-state index contributed by atoms with van der Waals surface area (Å²) in [6.07, 6.45) is -2.14. The first-order chi connectivity index (χ1) is 12.3. The number of hydrogen-bond acceptors (Lipinski definition) is 3. The van der Waals surface area contributed by atoms with Crippen LogP contribution in [-0.4, -0.2) is 28.0 Å². The minimum atomic E-state index is -4.43. The van der Waals surface area contributed by atoms with Gasteiger partial charge in [0.05, 0.1) is 11.6 Å². The molecular weight excluding hydrogens is 348 g/mol. The van der Waals surface area contributed by atoms with Gasteiger partial charge in [0, 0.05) is 37.8 Å². The van der Waals surface area contributed by atoms with E-state index < -0.39 is 11.9 Å². The van der Waals surface area contributed by atoms with E-state index in [1.165, 1.54) is 18.2 Å². The first kappa shape index (κ1) is 18.4. The lowest BCUT2D eigenvalue weighted by Gasteiger charge is -2.28. The quantitative estimate of drug-likeness (QED) is 0.777. The number of alkyl halides is 3. The zero-order chi connectivity index (χ0) is 18.9. The van der Waals surface area contributed by atoms with Crippen LogP contribution in [0.25, 0.3) is 0 Å². The molecule has 0 amide bonds. The first-order valence-electron chi connectivity index (χ1n) is 8.26. The number of fused-ring (bicyclic) bond motifs is 1. The highest BCUT2D eigenvalue weighted by Crippen LogP contribution is 2.31. The van der Waals surface area contributed by atoms with Gasteiger partial charge in [-0.15, -0.1) is 0 Å². The molecule has 8 heteroatoms. The molecule has 2 heterocycles. The Balaban J connectivity index is 1.63. The van der Waals surface area contributed by atoms with Crippen molar-refractivity contribution in [3.63, 3.8) is 0 Å². The van der Waals surface area contributed by atoms with E-state index in [-0.39, 0.29) is 11.7 Å². The monoisotopic (exact) mass is 366 g/mol. The number of benzene rings is 1. The highest BCUT2D eigenvalue weighted by atomic mass is 19.4. The number of halogens is 4. The summed E-state index contributed by atoms with van der Waals surface area (Å²) in [5.74, 6) is 0.250. The van der Waals surface area contributed by atoms with Crippen LogP contribution in [-0.2, 0) is 25.7 Å². The fourth-order valence-electron chi connectivity index (χ4n) is 3.36. The molecule has 1 aliphatic rings. The molecule has 0 radical (unpaired) electrons. The average Bonchev–Trinajstić information content (AvgIpc) is 3.00. The van der Waals surface area contributed by atoms with Crippen molar-refractivity contribution < 1.29 is 17.6 Å². The van der Waals surface area contributed by atoms with Gasteiger partial charge >= 0.3 is 6.18 Å². The minimum Gasteiger partial charge on any atom is -0.334 e. The summed E-state index contributed by atoms with van der Waals surface area (Å²) in [5, 5.41) is 8.93. The smallest absolute Gasteiger partial charge is 0.334 e. The lowest BCUT2D eigenvalue weighted by molar-refractivity contribution is -0.141. The Morgan fingerprint density at radius 3 is 2.85 bits per heavy atom. The van der Waals surface area contributed by atoms with Crippen LogP contribution in [0.4, 0.5) is 17.6 Å². The number of rotatable bonds is 4. The molecule has 1 aromatic carbocycles. The van der Waals surface area contributed by atoms with Crippen LogP contribution in [0.5, 0.6) is 0 Å². The van der Waals surface area contributed by atoms with E-state index in [9.17, 15) is 17.6 Å². The molecule has 138 valence electrons. The maximum absolute atomic E-state index is 13.9. The lowest BCUT2D eigenvalue weighted by Crippen LogP contribution is -2.31. The van der Waals surface area contributed by atoms with Crippen LogP contribution < -0.4 is 0 Å². The van der Waals surface area contributed by atoms with E-state index in [1.54, 1.807) is 4.57 Å². The van der Waals surface area contributed by atoms with Gasteiger partial charge in [-0.05, 0) is 37.6 Å². The fraction of sp³-hybridized carbons (Fsp3) is 0.444. The number of imidazole rings is 1. The molecule has 0 fully saturated rings. The molecule has 0 saturated carbocycles. The third-order valence-corrected chi connectivity index (χ3v) is 4.57. The predicted octanol–water partition coefficient (Wildman–Crippen LogP) is 3.61. The van der Waals surface area contributed by atoms with Crippen LogP contribution in [0, 0.1) is 23.1 Å². The predicted molar refractivity (Wildman–Crippen MR) is 86.5 cm³/mol. The number of nitriles is 1. The molecule has 26 heavy (non-hydrogen) atoms. The molecule has 1 aliphatic heterocycles. The summed E-state index contributed by atoms with van der Waals surface area (Å²) in [4.78, 5) is 5.61. The van der Waals surface area contributed by atoms with Crippen molar-refractivity contribution >= 4 is 0 Å². The highest BCUT2D eigenvalue weighted by Gasteiger charge is 2.35. The van der Waals surface area contributed by atoms with Crippen molar-refractivity contribution in [2.45, 2.75) is 32.1 Å². The number of nitrogens with zero attached hydrogens (tertiary/aromatic N) is 4. The van der Waals surface area contributed by atoms with Crippen molar-refractivity contribution in [3.05, 3.63) is 52.9 Å². The largest absolute Gasteiger partial charge is 0.434 e. The van der Waals surface area contributed by atoms with Gasteiger partial charge in [-0.25, -0.2) is 9.37 Å². The first-order valence-corrected chi connectivity index (χ1v) is 8.26. The summed E-state index contributed by atoms with van der Waals surface area (Å²) >= 11 is 0. The zero-order valence-corrected chi connectivity index (χ0v) is 14.2. The molecule has 2 aromatic rings. The van der Waals surface area contributed by atoms with Crippen molar-refractivity contribution in [1.82, 2.24) is 14.5 Å². The summed E-state index contributed by atoms with van der Waals surface area (Å²) in [5.41, 5.74) is -0.0165. The molecule has 1 atom stereocenters. The topological polar surface area (TPSA) is 44.9 Å². The molecule has 3 rings (SSSR count). The van der Waals surface area contributed by atoms with Crippen LogP contribution >= 0.6 is 0 Å². The third-order valence-electron chi connectivity index (χ3n) is 4.57. The van der Waals surface area contributed by atoms with E-state index in [0.717, 1.165) is 12.6 Å². The van der Waals surface area contributed by atoms with E-state index in [0.29, 0.717) is 43.0 Å². The van der Waals surface area contributed by atoms with Crippen LogP contribution in [0.2, 0.25) is 0 Å². The molecule has 0 unspecified atom stereocenters. The van der Waals surface area contributed by atoms with Gasteiger partial charge < -0.3 is 9.47 Å². The highest BCUT2D eigenvalue weighted by molar-refractivity contribution is 5.33. The van der Waals surface area contributed by atoms with Gasteiger partial charge in [-0.1, -0.05) is 0 Å². The molecule has 0 N–H and O–H groups in total. The summed E-state index contributed by atoms with van der Waals surface area (Å²) in [6, 6.07) is 6.22. The maximum Gasteiger partial charge on any atom is 0.434 e. The second kappa shape index (κ2) is 7.08. The standard InChI is InChI=1S/C18H18F4N4/c1-25(10-14-6-12(7-23)2-4-15(14)19)8-13-3-5-17-24-16(18(20,21)22)11-26(17)9-13/h2,4,6,11,13H,3,5,8-10H2,1H3/t13-/m1/s1. The SMILES string of the molecule is CN(Cc1cc(C#N)ccc1F)C[C@H]1CCc2nc(C(F)(F)F)cn2C1. The van der Waals surface area contributed by atoms with Crippen molar-refractivity contribution in [2.75, 3.05) is 13.6 Å². The fourth-order valence-corrected chi connectivity index (χ4v) is 3.36. The van der Waals surface area contributed by atoms with Gasteiger partial charge in [0.1, 0.15) is 11.6 Å². The molecule has 4 nitrogen and oxygen atoms in total. The zero-order valence-electron chi connectivity index (χ0n) is 14.2. The van der Waals surface area contributed by atoms with Gasteiger partial charge in [-0.3, -0.25) is 0 Å². The normalized spacial score (nSPS) is 17.2. The average molecular weight is 366 g/mol. The molecule has 1 aromatic heterocycles. The third kappa shape index (κ3) is 4.05. The Hall–Kier alpha value is -2.40. The van der Waals surface area contributed by atoms with Gasteiger partial charge in [0.25, 0.3) is 0 Å². The Kier molecular flexibility index (Phi) is 5.01. The molecular formula is C18H18F4N4. The summed E-state index contributed by atoms with van der Waals surface area (Å²) in [6.45, 7) is 1.42. The molecule has 0 aliphatic carbocycles. The number of aryl methyl sites for hydroxylation is 1. The van der Waals surface area contributed by atoms with E-state index in [2.05, 4.69) is 4.98 Å². The van der Waals surface area contributed by atoms with E-state index >= 15 is 0 Å². The van der Waals surface area contributed by atoms with Gasteiger partial charge in [0.2, 0.25) is 0 Å². The Bertz CT molecular complexity index is 835. The Morgan fingerprint density at radius 1 is 1.38 bits per heavy atom. The molecule has 0 bridgehead atoms. The molecule has 0 saturated heterocycles. The van der Waals surface area contributed by atoms with Crippen LogP contribution in [0.1, 0.15) is 29.1 Å². The van der Waals surface area contributed by atoms with Gasteiger partial charge in [0.15, 0.2) is 5.69 Å². The minimum absolute atomic E-state index is 0.157. The van der Waals surface area contributed by atoms with Crippen LogP contribution in [0.15, 0.2) is 24.4 Å². The second-order valence-electron chi connectivity index (χ2n) is 6.71. The van der Waals surface area contributed by atoms with Gasteiger partial charge in [-0.2, -0.15) is 18.4 Å². The van der Waals surface area contributed by atoms with Crippen molar-refractivity contribution in [2.24, 2.45) is 5.92 Å². The molecule has 0 spiro atoms. The second-order valence-corrected chi connectivity index (χ2v) is 6.71. The summed E-state index contributed by atoms with van der Waals surface area (Å²) < 4.78 is 53.8. The van der Waals surface area contributed by atoms with Crippen LogP contribution in [0.3, 0.4) is 0 Å². The Morgan fingerprint density at radius 2 is 2.15 bits per heavy atom. The van der Waals surface area contributed by atoms with E-state index in [4.69, 9.17) is 5.26 Å². The maximum atomic E-state index is 13.9. The van der Waals surface area contributed by atoms with E-state index in [1.807, 2.05) is 18.0 Å². The van der Waals surface area contributed by atoms with Crippen molar-refractivity contribution in [1.29, 1.82) is 5.26 Å². The Labute approximate surface area is 148 Å².